The number of aliphatic hydroxyl groups excluding tert-OH is 1. The number of phenols is 2. The number of hydrogen-bond donors (Lipinski definition) is 3. The van der Waals surface area contributed by atoms with E-state index in [1.807, 2.05) is 12.1 Å². The molecule has 1 aliphatic rings. The van der Waals surface area contributed by atoms with Crippen LogP contribution in [-0.4, -0.2) is 34.0 Å². The van der Waals surface area contributed by atoms with Crippen LogP contribution in [0.3, 0.4) is 0 Å². The number of Topliss-reactive ketones (excluding diaryl/α,β-unsaturated/α-hetero) is 1. The smallest absolute Gasteiger partial charge is 0.231 e. The monoisotopic (exact) mass is 386 g/mol. The molecule has 150 valence electrons. The van der Waals surface area contributed by atoms with Crippen molar-refractivity contribution in [1.29, 1.82) is 0 Å². The SMILES string of the molecule is O=C(CC(O)CCCCCCc1ccc2c(c1)OCO2)c1c(O)cccc1O. The number of aromatic hydroxyl groups is 2. The Hall–Kier alpha value is -2.73. The van der Waals surface area contributed by atoms with Gasteiger partial charge in [-0.3, -0.25) is 4.79 Å². The third kappa shape index (κ3) is 5.16. The largest absolute Gasteiger partial charge is 0.507 e. The molecule has 0 aliphatic carbocycles. The molecule has 0 saturated carbocycles. The highest BCUT2D eigenvalue weighted by molar-refractivity contribution is 6.01. The standard InChI is InChI=1S/C22H26O6/c23-16(13-19(26)22-17(24)8-5-9-18(22)25)7-4-2-1-3-6-15-10-11-20-21(12-15)28-14-27-20/h5,8-12,16,23-25H,1-4,6-7,13-14H2. The van der Waals surface area contributed by atoms with Crippen LogP contribution in [0.4, 0.5) is 0 Å². The van der Waals surface area contributed by atoms with Gasteiger partial charge in [0.2, 0.25) is 6.79 Å². The number of ketones is 1. The lowest BCUT2D eigenvalue weighted by atomic mass is 9.99. The number of hydrogen-bond acceptors (Lipinski definition) is 6. The van der Waals surface area contributed by atoms with E-state index in [2.05, 4.69) is 6.07 Å². The Bertz CT molecular complexity index is 796. The van der Waals surface area contributed by atoms with Crippen molar-refractivity contribution < 1.29 is 29.6 Å². The second-order valence-corrected chi connectivity index (χ2v) is 7.09. The fourth-order valence-electron chi connectivity index (χ4n) is 3.39. The highest BCUT2D eigenvalue weighted by atomic mass is 16.7. The number of rotatable bonds is 10. The van der Waals surface area contributed by atoms with Gasteiger partial charge < -0.3 is 24.8 Å². The van der Waals surface area contributed by atoms with Crippen molar-refractivity contribution in [3.8, 4) is 23.0 Å². The maximum Gasteiger partial charge on any atom is 0.231 e. The molecular weight excluding hydrogens is 360 g/mol. The van der Waals surface area contributed by atoms with Crippen molar-refractivity contribution in [3.63, 3.8) is 0 Å². The van der Waals surface area contributed by atoms with Crippen LogP contribution < -0.4 is 9.47 Å². The van der Waals surface area contributed by atoms with Crippen LogP contribution in [0.15, 0.2) is 36.4 Å². The summed E-state index contributed by atoms with van der Waals surface area (Å²) in [6, 6.07) is 10.2. The van der Waals surface area contributed by atoms with Crippen molar-refractivity contribution in [2.75, 3.05) is 6.79 Å². The molecular formula is C22H26O6. The first kappa shape index (κ1) is 20.0. The molecule has 1 unspecified atom stereocenters. The molecule has 0 amide bonds. The Kier molecular flexibility index (Phi) is 6.76. The van der Waals surface area contributed by atoms with Gasteiger partial charge in [-0.25, -0.2) is 0 Å². The van der Waals surface area contributed by atoms with Crippen LogP contribution in [0.25, 0.3) is 0 Å². The predicted molar refractivity (Wildman–Crippen MR) is 104 cm³/mol. The maximum absolute atomic E-state index is 12.2. The van der Waals surface area contributed by atoms with Crippen LogP contribution in [0.2, 0.25) is 0 Å². The van der Waals surface area contributed by atoms with Crippen LogP contribution in [0.1, 0.15) is 54.4 Å². The van der Waals surface area contributed by atoms with E-state index in [-0.39, 0.29) is 30.3 Å². The maximum atomic E-state index is 12.2. The number of phenolic OH excluding ortho intramolecular Hbond substituents is 2. The first-order valence-electron chi connectivity index (χ1n) is 9.65. The van der Waals surface area contributed by atoms with E-state index in [1.54, 1.807) is 0 Å². The predicted octanol–water partition coefficient (Wildman–Crippen LogP) is 3.95. The molecule has 1 heterocycles. The van der Waals surface area contributed by atoms with Gasteiger partial charge in [0.05, 0.1) is 6.10 Å². The average Bonchev–Trinajstić information content (AvgIpc) is 3.12. The summed E-state index contributed by atoms with van der Waals surface area (Å²) in [5.41, 5.74) is 1.10. The zero-order chi connectivity index (χ0) is 19.9. The van der Waals surface area contributed by atoms with Gasteiger partial charge in [0.15, 0.2) is 17.3 Å². The Balaban J connectivity index is 1.32. The molecule has 0 radical (unpaired) electrons. The van der Waals surface area contributed by atoms with E-state index in [0.717, 1.165) is 43.6 Å². The van der Waals surface area contributed by atoms with Crippen molar-refractivity contribution in [1.82, 2.24) is 0 Å². The number of ether oxygens (including phenoxy) is 2. The van der Waals surface area contributed by atoms with Gasteiger partial charge in [-0.2, -0.15) is 0 Å². The van der Waals surface area contributed by atoms with Crippen LogP contribution in [-0.2, 0) is 6.42 Å². The van der Waals surface area contributed by atoms with Gasteiger partial charge in [-0.1, -0.05) is 31.4 Å². The first-order valence-corrected chi connectivity index (χ1v) is 9.65. The molecule has 0 spiro atoms. The molecule has 1 aliphatic heterocycles. The van der Waals surface area contributed by atoms with Gasteiger partial charge in [0, 0.05) is 6.42 Å². The van der Waals surface area contributed by atoms with Crippen molar-refractivity contribution in [3.05, 3.63) is 47.5 Å². The molecule has 6 heteroatoms. The second kappa shape index (κ2) is 9.46. The summed E-state index contributed by atoms with van der Waals surface area (Å²) in [6.45, 7) is 0.285. The number of carbonyl (C=O) groups excluding carboxylic acids is 1. The third-order valence-electron chi connectivity index (χ3n) is 4.91. The quantitative estimate of drug-likeness (QED) is 0.423. The summed E-state index contributed by atoms with van der Waals surface area (Å²) < 4.78 is 10.7. The molecule has 0 saturated heterocycles. The van der Waals surface area contributed by atoms with Crippen molar-refractivity contribution in [2.24, 2.45) is 0 Å². The minimum Gasteiger partial charge on any atom is -0.507 e. The van der Waals surface area contributed by atoms with Crippen molar-refractivity contribution >= 4 is 5.78 Å². The van der Waals surface area contributed by atoms with E-state index in [4.69, 9.17) is 9.47 Å². The minimum absolute atomic E-state index is 0.109. The van der Waals surface area contributed by atoms with Gasteiger partial charge in [-0.15, -0.1) is 0 Å². The number of unbranched alkanes of at least 4 members (excludes halogenated alkanes) is 3. The highest BCUT2D eigenvalue weighted by Crippen LogP contribution is 2.33. The molecule has 0 fully saturated rings. The summed E-state index contributed by atoms with van der Waals surface area (Å²) >= 11 is 0. The molecule has 28 heavy (non-hydrogen) atoms. The highest BCUT2D eigenvalue weighted by Gasteiger charge is 2.19. The number of aryl methyl sites for hydroxylation is 1. The summed E-state index contributed by atoms with van der Waals surface area (Å²) in [5, 5.41) is 29.5. The Morgan fingerprint density at radius 2 is 1.68 bits per heavy atom. The molecule has 3 rings (SSSR count). The van der Waals surface area contributed by atoms with E-state index < -0.39 is 11.9 Å². The minimum atomic E-state index is -0.777. The van der Waals surface area contributed by atoms with Crippen molar-refractivity contribution in [2.45, 2.75) is 51.0 Å². The average molecular weight is 386 g/mol. The lowest BCUT2D eigenvalue weighted by Gasteiger charge is -2.11. The van der Waals surface area contributed by atoms with Crippen LogP contribution >= 0.6 is 0 Å². The van der Waals surface area contributed by atoms with Gasteiger partial charge >= 0.3 is 0 Å². The number of benzene rings is 2. The number of aliphatic hydroxyl groups is 1. The first-order chi connectivity index (χ1) is 13.5. The van der Waals surface area contributed by atoms with E-state index >= 15 is 0 Å². The molecule has 2 aromatic rings. The summed E-state index contributed by atoms with van der Waals surface area (Å²) in [7, 11) is 0. The summed E-state index contributed by atoms with van der Waals surface area (Å²) in [5.74, 6) is 0.623. The fraction of sp³-hybridized carbons (Fsp3) is 0.409. The van der Waals surface area contributed by atoms with Gasteiger partial charge in [0.1, 0.15) is 17.1 Å². The van der Waals surface area contributed by atoms with Gasteiger partial charge in [0.25, 0.3) is 0 Å². The Labute approximate surface area is 164 Å². The Morgan fingerprint density at radius 1 is 0.964 bits per heavy atom. The molecule has 0 aromatic heterocycles. The van der Waals surface area contributed by atoms with E-state index in [1.165, 1.54) is 23.8 Å². The number of fused-ring (bicyclic) bond motifs is 1. The van der Waals surface area contributed by atoms with E-state index in [0.29, 0.717) is 6.42 Å². The molecule has 0 bridgehead atoms. The zero-order valence-electron chi connectivity index (χ0n) is 15.8. The lowest BCUT2D eigenvalue weighted by molar-refractivity contribution is 0.0859. The van der Waals surface area contributed by atoms with Gasteiger partial charge in [-0.05, 0) is 49.1 Å². The van der Waals surface area contributed by atoms with Crippen LogP contribution in [0.5, 0.6) is 23.0 Å². The summed E-state index contributed by atoms with van der Waals surface area (Å²) in [6.07, 6.45) is 4.47. The second-order valence-electron chi connectivity index (χ2n) is 7.09. The topological polar surface area (TPSA) is 96.2 Å². The Morgan fingerprint density at radius 3 is 2.46 bits per heavy atom. The molecule has 2 aromatic carbocycles. The zero-order valence-corrected chi connectivity index (χ0v) is 15.8. The van der Waals surface area contributed by atoms with Crippen LogP contribution in [0, 0.1) is 0 Å². The molecule has 1 atom stereocenters. The summed E-state index contributed by atoms with van der Waals surface area (Å²) in [4.78, 5) is 12.2. The molecule has 6 nitrogen and oxygen atoms in total. The number of carbonyl (C=O) groups is 1. The molecule has 3 N–H and O–H groups in total. The third-order valence-corrected chi connectivity index (χ3v) is 4.91. The van der Waals surface area contributed by atoms with E-state index in [9.17, 15) is 20.1 Å². The fourth-order valence-corrected chi connectivity index (χ4v) is 3.39. The lowest BCUT2D eigenvalue weighted by Crippen LogP contribution is -2.14. The normalized spacial score (nSPS) is 13.5.